The molecule has 0 bridgehead atoms. The number of ether oxygens (including phenoxy) is 2. The average molecular weight is 226 g/mol. The van der Waals surface area contributed by atoms with Crippen molar-refractivity contribution in [3.63, 3.8) is 0 Å². The molecule has 90 valence electrons. The topological polar surface area (TPSA) is 56.5 Å². The molecule has 1 N–H and O–H groups in total. The van der Waals surface area contributed by atoms with Crippen LogP contribution in [0.25, 0.3) is 0 Å². The number of methoxy groups -OCH3 is 1. The first-order valence-electron chi connectivity index (χ1n) is 5.62. The van der Waals surface area contributed by atoms with Crippen LogP contribution in [0.4, 0.5) is 0 Å². The highest BCUT2D eigenvalue weighted by Gasteiger charge is 2.41. The predicted octanol–water partition coefficient (Wildman–Crippen LogP) is 0.957. The number of nitrogens with one attached hydrogen (secondary N) is 1. The van der Waals surface area contributed by atoms with E-state index in [1.54, 1.807) is 13.4 Å². The first kappa shape index (κ1) is 11.6. The highest BCUT2D eigenvalue weighted by atomic mass is 16.5. The number of nitrogens with zero attached hydrogens (tertiary/aromatic N) is 1. The summed E-state index contributed by atoms with van der Waals surface area (Å²) < 4.78 is 15.7. The highest BCUT2D eigenvalue weighted by molar-refractivity contribution is 5.00. The Kier molecular flexibility index (Phi) is 3.93. The second-order valence-electron chi connectivity index (χ2n) is 3.91. The minimum Gasteiger partial charge on any atom is -0.377 e. The molecule has 0 aliphatic heterocycles. The minimum atomic E-state index is 0.145. The van der Waals surface area contributed by atoms with Crippen molar-refractivity contribution in [1.29, 1.82) is 0 Å². The molecule has 1 aliphatic carbocycles. The van der Waals surface area contributed by atoms with Gasteiger partial charge in [-0.1, -0.05) is 5.16 Å². The third-order valence-corrected chi connectivity index (χ3v) is 2.94. The summed E-state index contributed by atoms with van der Waals surface area (Å²) in [7, 11) is 1.72. The molecular weight excluding hydrogens is 208 g/mol. The first-order chi connectivity index (χ1) is 7.85. The van der Waals surface area contributed by atoms with Gasteiger partial charge in [-0.3, -0.25) is 0 Å². The van der Waals surface area contributed by atoms with Crippen LogP contribution in [-0.2, 0) is 16.0 Å². The Hall–Kier alpha value is -0.910. The molecule has 1 saturated carbocycles. The van der Waals surface area contributed by atoms with Gasteiger partial charge in [0.15, 0.2) is 0 Å². The van der Waals surface area contributed by atoms with E-state index in [1.807, 2.05) is 13.0 Å². The molecule has 0 aromatic carbocycles. The molecule has 16 heavy (non-hydrogen) atoms. The molecule has 3 unspecified atom stereocenters. The molecule has 0 saturated heterocycles. The summed E-state index contributed by atoms with van der Waals surface area (Å²) in [5, 5.41) is 7.23. The van der Waals surface area contributed by atoms with E-state index in [0.29, 0.717) is 12.6 Å². The van der Waals surface area contributed by atoms with Gasteiger partial charge < -0.3 is 19.3 Å². The van der Waals surface area contributed by atoms with E-state index in [0.717, 1.165) is 18.7 Å². The predicted molar refractivity (Wildman–Crippen MR) is 58.0 cm³/mol. The van der Waals surface area contributed by atoms with Gasteiger partial charge in [-0.05, 0) is 13.3 Å². The Bertz CT molecular complexity index is 302. The summed E-state index contributed by atoms with van der Waals surface area (Å²) >= 11 is 0. The fourth-order valence-electron chi connectivity index (χ4n) is 2.04. The maximum atomic E-state index is 5.55. The van der Waals surface area contributed by atoms with Crippen molar-refractivity contribution >= 4 is 0 Å². The summed E-state index contributed by atoms with van der Waals surface area (Å²) in [4.78, 5) is 0. The lowest BCUT2D eigenvalue weighted by Crippen LogP contribution is -2.59. The molecule has 2 rings (SSSR count). The lowest BCUT2D eigenvalue weighted by molar-refractivity contribution is -0.131. The maximum Gasteiger partial charge on any atom is 0.124 e. The summed E-state index contributed by atoms with van der Waals surface area (Å²) in [6.07, 6.45) is 2.94. The van der Waals surface area contributed by atoms with E-state index in [2.05, 4.69) is 10.5 Å². The lowest BCUT2D eigenvalue weighted by atomic mass is 9.85. The quantitative estimate of drug-likeness (QED) is 0.783. The van der Waals surface area contributed by atoms with Crippen molar-refractivity contribution < 1.29 is 14.0 Å². The normalized spacial score (nSPS) is 29.0. The van der Waals surface area contributed by atoms with Gasteiger partial charge in [0.05, 0.1) is 17.9 Å². The summed E-state index contributed by atoms with van der Waals surface area (Å²) in [6, 6.07) is 2.20. The molecule has 5 heteroatoms. The van der Waals surface area contributed by atoms with Crippen LogP contribution < -0.4 is 5.32 Å². The van der Waals surface area contributed by atoms with Crippen molar-refractivity contribution in [1.82, 2.24) is 10.5 Å². The van der Waals surface area contributed by atoms with Gasteiger partial charge in [-0.25, -0.2) is 0 Å². The standard InChI is InChI=1S/C11H18N2O3/c1-3-15-10-6-9(11(10)14-2)12-7-8-4-5-16-13-8/h4-5,9-12H,3,6-7H2,1-2H3. The van der Waals surface area contributed by atoms with Gasteiger partial charge >= 0.3 is 0 Å². The molecule has 1 fully saturated rings. The van der Waals surface area contributed by atoms with Crippen LogP contribution in [0, 0.1) is 0 Å². The van der Waals surface area contributed by atoms with E-state index in [4.69, 9.17) is 14.0 Å². The molecule has 3 atom stereocenters. The highest BCUT2D eigenvalue weighted by Crippen LogP contribution is 2.27. The van der Waals surface area contributed by atoms with Crippen LogP contribution in [0.1, 0.15) is 19.0 Å². The lowest BCUT2D eigenvalue weighted by Gasteiger charge is -2.43. The Morgan fingerprint density at radius 1 is 1.62 bits per heavy atom. The molecule has 5 nitrogen and oxygen atoms in total. The summed E-state index contributed by atoms with van der Waals surface area (Å²) in [5.41, 5.74) is 0.912. The zero-order valence-electron chi connectivity index (χ0n) is 9.68. The van der Waals surface area contributed by atoms with Gasteiger partial charge in [0, 0.05) is 32.4 Å². The van der Waals surface area contributed by atoms with Gasteiger partial charge in [0.1, 0.15) is 6.26 Å². The van der Waals surface area contributed by atoms with E-state index in [9.17, 15) is 0 Å². The summed E-state index contributed by atoms with van der Waals surface area (Å²) in [6.45, 7) is 3.45. The van der Waals surface area contributed by atoms with Crippen LogP contribution in [0.3, 0.4) is 0 Å². The Labute approximate surface area is 95.1 Å². The van der Waals surface area contributed by atoms with Crippen molar-refractivity contribution in [3.05, 3.63) is 18.0 Å². The van der Waals surface area contributed by atoms with Crippen molar-refractivity contribution in [3.8, 4) is 0 Å². The van der Waals surface area contributed by atoms with Crippen LogP contribution in [0.15, 0.2) is 16.9 Å². The monoisotopic (exact) mass is 226 g/mol. The summed E-state index contributed by atoms with van der Waals surface area (Å²) in [5.74, 6) is 0. The van der Waals surface area contributed by atoms with Gasteiger partial charge in [-0.2, -0.15) is 0 Å². The molecule has 1 aromatic rings. The molecular formula is C11H18N2O3. The molecule has 1 aromatic heterocycles. The molecule has 0 amide bonds. The van der Waals surface area contributed by atoms with Crippen LogP contribution in [-0.4, -0.2) is 37.1 Å². The van der Waals surface area contributed by atoms with Crippen molar-refractivity contribution in [2.24, 2.45) is 0 Å². The minimum absolute atomic E-state index is 0.145. The fourth-order valence-corrected chi connectivity index (χ4v) is 2.04. The van der Waals surface area contributed by atoms with Crippen LogP contribution in [0.5, 0.6) is 0 Å². The van der Waals surface area contributed by atoms with E-state index >= 15 is 0 Å². The van der Waals surface area contributed by atoms with E-state index in [1.165, 1.54) is 0 Å². The number of hydrogen-bond acceptors (Lipinski definition) is 5. The second kappa shape index (κ2) is 5.43. The van der Waals surface area contributed by atoms with Crippen LogP contribution in [0.2, 0.25) is 0 Å². The molecule has 1 heterocycles. The number of hydrogen-bond donors (Lipinski definition) is 1. The Morgan fingerprint density at radius 2 is 2.50 bits per heavy atom. The third kappa shape index (κ3) is 2.42. The number of rotatable bonds is 6. The molecule has 0 radical (unpaired) electrons. The number of aromatic nitrogens is 1. The third-order valence-electron chi connectivity index (χ3n) is 2.94. The van der Waals surface area contributed by atoms with Gasteiger partial charge in [0.2, 0.25) is 0 Å². The molecule has 1 aliphatic rings. The first-order valence-corrected chi connectivity index (χ1v) is 5.62. The van der Waals surface area contributed by atoms with E-state index < -0.39 is 0 Å². The zero-order chi connectivity index (χ0) is 11.4. The maximum absolute atomic E-state index is 5.55. The average Bonchev–Trinajstić information content (AvgIpc) is 2.75. The van der Waals surface area contributed by atoms with Crippen molar-refractivity contribution in [2.75, 3.05) is 13.7 Å². The second-order valence-corrected chi connectivity index (χ2v) is 3.91. The smallest absolute Gasteiger partial charge is 0.124 e. The molecule has 0 spiro atoms. The fraction of sp³-hybridized carbons (Fsp3) is 0.727. The van der Waals surface area contributed by atoms with Gasteiger partial charge in [-0.15, -0.1) is 0 Å². The van der Waals surface area contributed by atoms with E-state index in [-0.39, 0.29) is 12.2 Å². The zero-order valence-corrected chi connectivity index (χ0v) is 9.68. The Morgan fingerprint density at radius 3 is 3.12 bits per heavy atom. The largest absolute Gasteiger partial charge is 0.377 e. The van der Waals surface area contributed by atoms with Crippen molar-refractivity contribution in [2.45, 2.75) is 38.1 Å². The van der Waals surface area contributed by atoms with Crippen LogP contribution >= 0.6 is 0 Å². The Balaban J connectivity index is 1.75. The SMILES string of the molecule is CCOC1CC(NCc2ccon2)C1OC. The van der Waals surface area contributed by atoms with Gasteiger partial charge in [0.25, 0.3) is 0 Å².